The lowest BCUT2D eigenvalue weighted by atomic mass is 10.2. The summed E-state index contributed by atoms with van der Waals surface area (Å²) in [6.07, 6.45) is -1.41. The highest BCUT2D eigenvalue weighted by Crippen LogP contribution is 2.41. The molecule has 174 valence electrons. The number of hydrogen-bond donors (Lipinski definition) is 2. The van der Waals surface area contributed by atoms with E-state index in [0.717, 1.165) is 11.8 Å². The van der Waals surface area contributed by atoms with Gasteiger partial charge < -0.3 is 14.3 Å². The Morgan fingerprint density at radius 3 is 2.47 bits per heavy atom. The van der Waals surface area contributed by atoms with E-state index in [1.54, 1.807) is 24.3 Å². The first-order chi connectivity index (χ1) is 14.9. The lowest BCUT2D eigenvalue weighted by Gasteiger charge is -2.37. The number of carbonyl (C=O) groups is 1. The smallest absolute Gasteiger partial charge is 0.330 e. The number of aliphatic hydroxyl groups excluding tert-OH is 1. The van der Waals surface area contributed by atoms with Crippen molar-refractivity contribution in [3.8, 4) is 0 Å². The third-order valence-electron chi connectivity index (χ3n) is 6.11. The normalized spacial score (nSPS) is 23.9. The molecule has 32 heavy (non-hydrogen) atoms. The van der Waals surface area contributed by atoms with Crippen molar-refractivity contribution in [2.45, 2.75) is 62.6 Å². The fraction of sp³-hybridized carbons (Fsp3) is 0.500. The molecule has 8 nitrogen and oxygen atoms in total. The maximum Gasteiger partial charge on any atom is 0.330 e. The van der Waals surface area contributed by atoms with E-state index in [2.05, 4.69) is 38.8 Å². The molecule has 2 N–H and O–H groups in total. The van der Waals surface area contributed by atoms with Gasteiger partial charge in [-0.05, 0) is 18.1 Å². The van der Waals surface area contributed by atoms with E-state index >= 15 is 0 Å². The number of rotatable bonds is 6. The van der Waals surface area contributed by atoms with Gasteiger partial charge in [0.1, 0.15) is 6.10 Å². The fourth-order valence-electron chi connectivity index (χ4n) is 3.11. The van der Waals surface area contributed by atoms with Crippen LogP contribution in [-0.2, 0) is 9.16 Å². The van der Waals surface area contributed by atoms with Crippen molar-refractivity contribution in [3.05, 3.63) is 69.0 Å². The van der Waals surface area contributed by atoms with E-state index < -0.39 is 43.3 Å². The van der Waals surface area contributed by atoms with Crippen LogP contribution >= 0.6 is 11.8 Å². The number of carbonyl (C=O) groups excluding carboxylic acids is 1. The predicted octanol–water partition coefficient (Wildman–Crippen LogP) is 2.76. The van der Waals surface area contributed by atoms with Gasteiger partial charge in [-0.1, -0.05) is 62.9 Å². The first kappa shape index (κ1) is 24.7. The molecule has 1 aliphatic heterocycles. The second-order valence-corrected chi connectivity index (χ2v) is 15.3. The minimum Gasteiger partial charge on any atom is -0.414 e. The molecular weight excluding hydrogens is 448 g/mol. The lowest BCUT2D eigenvalue weighted by molar-refractivity contribution is -0.0430. The lowest BCUT2D eigenvalue weighted by Crippen LogP contribution is -2.44. The second-order valence-electron chi connectivity index (χ2n) is 9.38. The summed E-state index contributed by atoms with van der Waals surface area (Å²) < 4.78 is 13.5. The third-order valence-corrected chi connectivity index (χ3v) is 11.8. The Morgan fingerprint density at radius 2 is 1.88 bits per heavy atom. The van der Waals surface area contributed by atoms with Crippen molar-refractivity contribution >= 4 is 25.2 Å². The summed E-state index contributed by atoms with van der Waals surface area (Å²) in [6.45, 7) is 10.7. The molecule has 0 amide bonds. The predicted molar refractivity (Wildman–Crippen MR) is 127 cm³/mol. The number of aliphatic hydroxyl groups is 1. The van der Waals surface area contributed by atoms with Gasteiger partial charge in [0.2, 0.25) is 5.12 Å². The number of benzene rings is 1. The molecule has 3 rings (SSSR count). The van der Waals surface area contributed by atoms with Crippen molar-refractivity contribution in [2.75, 3.05) is 6.61 Å². The molecule has 10 heteroatoms. The van der Waals surface area contributed by atoms with Gasteiger partial charge in [0.15, 0.2) is 14.5 Å². The summed E-state index contributed by atoms with van der Waals surface area (Å²) >= 11 is 0.917. The molecule has 1 aromatic heterocycles. The quantitative estimate of drug-likeness (QED) is 0.614. The zero-order valence-corrected chi connectivity index (χ0v) is 20.7. The number of H-pyrrole nitrogens is 1. The van der Waals surface area contributed by atoms with Crippen molar-refractivity contribution in [1.82, 2.24) is 9.55 Å². The van der Waals surface area contributed by atoms with Crippen molar-refractivity contribution in [1.29, 1.82) is 0 Å². The highest BCUT2D eigenvalue weighted by Gasteiger charge is 2.48. The van der Waals surface area contributed by atoms with E-state index in [0.29, 0.717) is 5.56 Å². The van der Waals surface area contributed by atoms with Crippen LogP contribution in [0.1, 0.15) is 37.4 Å². The Balaban J connectivity index is 1.87. The standard InChI is InChI=1S/C22H30N2O6SSi/c1-22(2,3)32(4,5)29-13-15-17(26)18(31-20(27)14-9-7-6-8-10-14)19(30-15)24-12-11-16(25)23-21(24)28/h6-12,15,17-19,26H,13H2,1-5H3,(H,23,25,28)/t15-,17-,18-,19-/m1/s1. The largest absolute Gasteiger partial charge is 0.414 e. The zero-order chi connectivity index (χ0) is 23.7. The van der Waals surface area contributed by atoms with Gasteiger partial charge in [0.25, 0.3) is 5.56 Å². The minimum atomic E-state index is -2.11. The average molecular weight is 479 g/mol. The molecule has 2 heterocycles. The molecule has 1 aromatic carbocycles. The van der Waals surface area contributed by atoms with Crippen LogP contribution in [-0.4, -0.2) is 52.2 Å². The molecular formula is C22H30N2O6SSi. The van der Waals surface area contributed by atoms with Gasteiger partial charge in [-0.2, -0.15) is 0 Å². The molecule has 1 saturated heterocycles. The third kappa shape index (κ3) is 5.32. The van der Waals surface area contributed by atoms with Gasteiger partial charge in [-0.3, -0.25) is 19.1 Å². The van der Waals surface area contributed by atoms with Crippen molar-refractivity contribution in [3.63, 3.8) is 0 Å². The number of aromatic nitrogens is 2. The number of thioether (sulfide) groups is 1. The second kappa shape index (κ2) is 9.48. The molecule has 0 aliphatic carbocycles. The first-order valence-corrected chi connectivity index (χ1v) is 14.2. The number of hydrogen-bond acceptors (Lipinski definition) is 7. The van der Waals surface area contributed by atoms with E-state index in [1.165, 1.54) is 16.8 Å². The first-order valence-electron chi connectivity index (χ1n) is 10.5. The van der Waals surface area contributed by atoms with Crippen LogP contribution < -0.4 is 11.2 Å². The molecule has 4 atom stereocenters. The molecule has 0 unspecified atom stereocenters. The maximum absolute atomic E-state index is 12.8. The van der Waals surface area contributed by atoms with E-state index in [-0.39, 0.29) is 16.8 Å². The maximum atomic E-state index is 12.8. The van der Waals surface area contributed by atoms with Crippen molar-refractivity contribution < 1.29 is 19.1 Å². The van der Waals surface area contributed by atoms with Crippen LogP contribution in [0.25, 0.3) is 0 Å². The van der Waals surface area contributed by atoms with Gasteiger partial charge in [0, 0.05) is 17.8 Å². The van der Waals surface area contributed by atoms with Gasteiger partial charge in [-0.25, -0.2) is 4.79 Å². The Hall–Kier alpha value is -1.98. The van der Waals surface area contributed by atoms with E-state index in [9.17, 15) is 19.5 Å². The summed E-state index contributed by atoms with van der Waals surface area (Å²) in [5.41, 5.74) is -0.719. The van der Waals surface area contributed by atoms with Crippen LogP contribution in [0, 0.1) is 0 Å². The molecule has 2 aromatic rings. The molecule has 0 spiro atoms. The highest BCUT2D eigenvalue weighted by atomic mass is 32.2. The number of nitrogens with zero attached hydrogens (tertiary/aromatic N) is 1. The van der Waals surface area contributed by atoms with Crippen LogP contribution in [0.5, 0.6) is 0 Å². The Bertz CT molecular complexity index is 1060. The Labute approximate surface area is 192 Å². The monoisotopic (exact) mass is 478 g/mol. The molecule has 1 aliphatic rings. The van der Waals surface area contributed by atoms with Crippen molar-refractivity contribution in [2.24, 2.45) is 0 Å². The molecule has 0 bridgehead atoms. The van der Waals surface area contributed by atoms with E-state index in [4.69, 9.17) is 9.16 Å². The topological polar surface area (TPSA) is 111 Å². The molecule has 0 saturated carbocycles. The summed E-state index contributed by atoms with van der Waals surface area (Å²) in [7, 11) is -2.11. The highest BCUT2D eigenvalue weighted by molar-refractivity contribution is 8.14. The van der Waals surface area contributed by atoms with Crippen LogP contribution in [0.3, 0.4) is 0 Å². The number of nitrogens with one attached hydrogen (secondary N) is 1. The molecule has 0 radical (unpaired) electrons. The van der Waals surface area contributed by atoms with Crippen LogP contribution in [0.15, 0.2) is 52.2 Å². The Morgan fingerprint density at radius 1 is 1.22 bits per heavy atom. The summed E-state index contributed by atoms with van der Waals surface area (Å²) in [4.78, 5) is 39.0. The zero-order valence-electron chi connectivity index (χ0n) is 18.9. The Kier molecular flexibility index (Phi) is 7.30. The summed E-state index contributed by atoms with van der Waals surface area (Å²) in [5, 5.41) is 10.0. The number of aromatic amines is 1. The SMILES string of the molecule is CC(C)(C)[Si](C)(C)OC[C@H]1O[C@@H](n2ccc(=O)[nH]c2=O)[C@H](SC(=O)c2ccccc2)[C@@H]1O. The minimum absolute atomic E-state index is 0.0246. The number of ether oxygens (including phenoxy) is 1. The average Bonchev–Trinajstić information content (AvgIpc) is 3.02. The van der Waals surface area contributed by atoms with Gasteiger partial charge in [-0.15, -0.1) is 0 Å². The van der Waals surface area contributed by atoms with Crippen LogP contribution in [0.2, 0.25) is 18.1 Å². The summed E-state index contributed by atoms with van der Waals surface area (Å²) in [6, 6.07) is 9.92. The summed E-state index contributed by atoms with van der Waals surface area (Å²) in [5.74, 6) is 0. The van der Waals surface area contributed by atoms with Gasteiger partial charge in [0.05, 0.1) is 18.0 Å². The fourth-order valence-corrected chi connectivity index (χ4v) is 5.27. The molecule has 1 fully saturated rings. The van der Waals surface area contributed by atoms with E-state index in [1.807, 2.05) is 6.07 Å². The van der Waals surface area contributed by atoms with Gasteiger partial charge >= 0.3 is 5.69 Å². The van der Waals surface area contributed by atoms with Crippen LogP contribution in [0.4, 0.5) is 0 Å².